The van der Waals surface area contributed by atoms with Crippen LogP contribution in [-0.4, -0.2) is 46.0 Å². The molecule has 6 heteroatoms. The first-order valence-corrected chi connectivity index (χ1v) is 9.41. The van der Waals surface area contributed by atoms with Gasteiger partial charge in [-0.2, -0.15) is 0 Å². The first-order valence-electron chi connectivity index (χ1n) is 9.41. The number of likely N-dealkylation sites (tertiary alicyclic amines) is 1. The Balaban J connectivity index is 1.68. The standard InChI is InChI=1S/C20H29N5O/c1-15(2)20-22-10-13-24(20)12-8-19(26)25-11-5-6-17(25)16-7-9-21-18(14-16)23(3)4/h7,9-10,13-15,17H,5-6,8,11-12H2,1-4H3. The summed E-state index contributed by atoms with van der Waals surface area (Å²) in [5.41, 5.74) is 1.18. The number of carbonyl (C=O) groups excluding carboxylic acids is 1. The van der Waals surface area contributed by atoms with E-state index in [1.807, 2.05) is 48.6 Å². The lowest BCUT2D eigenvalue weighted by molar-refractivity contribution is -0.132. The maximum atomic E-state index is 12.9. The van der Waals surface area contributed by atoms with Crippen molar-refractivity contribution in [3.63, 3.8) is 0 Å². The fraction of sp³-hybridized carbons (Fsp3) is 0.550. The molecule has 0 spiro atoms. The fourth-order valence-electron chi connectivity index (χ4n) is 3.67. The second-order valence-corrected chi connectivity index (χ2v) is 7.47. The second kappa shape index (κ2) is 7.89. The number of hydrogen-bond acceptors (Lipinski definition) is 4. The Morgan fingerprint density at radius 1 is 1.31 bits per heavy atom. The Morgan fingerprint density at radius 2 is 2.12 bits per heavy atom. The molecule has 1 aliphatic heterocycles. The molecule has 0 saturated carbocycles. The van der Waals surface area contributed by atoms with Crippen LogP contribution in [0.2, 0.25) is 0 Å². The van der Waals surface area contributed by atoms with Crippen molar-refractivity contribution in [2.45, 2.75) is 51.6 Å². The second-order valence-electron chi connectivity index (χ2n) is 7.47. The van der Waals surface area contributed by atoms with E-state index >= 15 is 0 Å². The third-order valence-electron chi connectivity index (χ3n) is 5.02. The van der Waals surface area contributed by atoms with Gasteiger partial charge in [0.15, 0.2) is 0 Å². The lowest BCUT2D eigenvalue weighted by Crippen LogP contribution is -2.31. The molecule has 1 aliphatic rings. The van der Waals surface area contributed by atoms with Crippen LogP contribution in [-0.2, 0) is 11.3 Å². The predicted octanol–water partition coefficient (Wildman–Crippen LogP) is 3.22. The van der Waals surface area contributed by atoms with Gasteiger partial charge in [0.05, 0.1) is 6.04 Å². The molecule has 1 unspecified atom stereocenters. The summed E-state index contributed by atoms with van der Waals surface area (Å²) in [7, 11) is 3.97. The molecular weight excluding hydrogens is 326 g/mol. The normalized spacial score (nSPS) is 17.1. The van der Waals surface area contributed by atoms with Crippen molar-refractivity contribution < 1.29 is 4.79 Å². The summed E-state index contributed by atoms with van der Waals surface area (Å²) in [5, 5.41) is 0. The van der Waals surface area contributed by atoms with Crippen LogP contribution < -0.4 is 4.90 Å². The van der Waals surface area contributed by atoms with Crippen molar-refractivity contribution in [2.24, 2.45) is 0 Å². The minimum absolute atomic E-state index is 0.163. The molecule has 1 atom stereocenters. The highest BCUT2D eigenvalue weighted by Gasteiger charge is 2.30. The zero-order valence-electron chi connectivity index (χ0n) is 16.2. The summed E-state index contributed by atoms with van der Waals surface area (Å²) < 4.78 is 2.10. The highest BCUT2D eigenvalue weighted by atomic mass is 16.2. The Bertz CT molecular complexity index is 752. The number of nitrogens with zero attached hydrogens (tertiary/aromatic N) is 5. The first-order chi connectivity index (χ1) is 12.5. The van der Waals surface area contributed by atoms with E-state index in [-0.39, 0.29) is 11.9 Å². The average molecular weight is 355 g/mol. The number of imidazole rings is 1. The summed E-state index contributed by atoms with van der Waals surface area (Å²) in [6.07, 6.45) is 8.21. The van der Waals surface area contributed by atoms with Crippen molar-refractivity contribution >= 4 is 11.7 Å². The van der Waals surface area contributed by atoms with Gasteiger partial charge in [0.2, 0.25) is 5.91 Å². The number of pyridine rings is 1. The molecule has 0 radical (unpaired) electrons. The van der Waals surface area contributed by atoms with Crippen LogP contribution >= 0.6 is 0 Å². The molecule has 3 heterocycles. The van der Waals surface area contributed by atoms with Crippen molar-refractivity contribution in [1.29, 1.82) is 0 Å². The number of rotatable bonds is 6. The minimum atomic E-state index is 0.163. The van der Waals surface area contributed by atoms with Crippen molar-refractivity contribution in [1.82, 2.24) is 19.4 Å². The van der Waals surface area contributed by atoms with Gasteiger partial charge in [-0.3, -0.25) is 4.79 Å². The molecule has 0 aromatic carbocycles. The van der Waals surface area contributed by atoms with Gasteiger partial charge < -0.3 is 14.4 Å². The van der Waals surface area contributed by atoms with Gasteiger partial charge in [-0.05, 0) is 30.5 Å². The van der Waals surface area contributed by atoms with Crippen LogP contribution in [0.5, 0.6) is 0 Å². The Labute approximate surface area is 155 Å². The molecule has 26 heavy (non-hydrogen) atoms. The number of aromatic nitrogens is 3. The van der Waals surface area contributed by atoms with Crippen LogP contribution in [0.4, 0.5) is 5.82 Å². The maximum absolute atomic E-state index is 12.9. The lowest BCUT2D eigenvalue weighted by Gasteiger charge is -2.26. The summed E-state index contributed by atoms with van der Waals surface area (Å²) in [4.78, 5) is 25.7. The number of hydrogen-bond donors (Lipinski definition) is 0. The van der Waals surface area contributed by atoms with E-state index in [0.29, 0.717) is 18.9 Å². The van der Waals surface area contributed by atoms with Crippen LogP contribution in [0.15, 0.2) is 30.7 Å². The molecule has 0 N–H and O–H groups in total. The summed E-state index contributed by atoms with van der Waals surface area (Å²) in [6.45, 7) is 5.78. The van der Waals surface area contributed by atoms with Gasteiger partial charge >= 0.3 is 0 Å². The quantitative estimate of drug-likeness (QED) is 0.798. The van der Waals surface area contributed by atoms with Crippen LogP contribution in [0.1, 0.15) is 56.5 Å². The Kier molecular flexibility index (Phi) is 5.59. The number of amides is 1. The molecule has 6 nitrogen and oxygen atoms in total. The zero-order chi connectivity index (χ0) is 18.7. The molecule has 0 aliphatic carbocycles. The molecule has 140 valence electrons. The topological polar surface area (TPSA) is 54.3 Å². The summed E-state index contributed by atoms with van der Waals surface area (Å²) >= 11 is 0. The fourth-order valence-corrected chi connectivity index (χ4v) is 3.67. The van der Waals surface area contributed by atoms with Gasteiger partial charge in [0.1, 0.15) is 11.6 Å². The SMILES string of the molecule is CC(C)c1nccn1CCC(=O)N1CCCC1c1ccnc(N(C)C)c1. The number of carbonyl (C=O) groups is 1. The van der Waals surface area contributed by atoms with E-state index < -0.39 is 0 Å². The summed E-state index contributed by atoms with van der Waals surface area (Å²) in [5.74, 6) is 2.56. The van der Waals surface area contributed by atoms with Crippen LogP contribution in [0.25, 0.3) is 0 Å². The molecule has 1 saturated heterocycles. The lowest BCUT2D eigenvalue weighted by atomic mass is 10.1. The highest BCUT2D eigenvalue weighted by Crippen LogP contribution is 2.33. The van der Waals surface area contributed by atoms with Crippen molar-refractivity contribution in [2.75, 3.05) is 25.5 Å². The molecule has 1 amide bonds. The number of aryl methyl sites for hydroxylation is 1. The molecule has 3 rings (SSSR count). The van der Waals surface area contributed by atoms with Crippen LogP contribution in [0, 0.1) is 0 Å². The number of anilines is 1. The van der Waals surface area contributed by atoms with E-state index in [1.165, 1.54) is 5.56 Å². The van der Waals surface area contributed by atoms with Gasteiger partial charge in [0.25, 0.3) is 0 Å². The van der Waals surface area contributed by atoms with E-state index in [2.05, 4.69) is 34.4 Å². The first kappa shape index (κ1) is 18.4. The van der Waals surface area contributed by atoms with E-state index in [4.69, 9.17) is 0 Å². The molecule has 2 aromatic rings. The van der Waals surface area contributed by atoms with E-state index in [0.717, 1.165) is 31.0 Å². The Hall–Kier alpha value is -2.37. The van der Waals surface area contributed by atoms with E-state index in [9.17, 15) is 4.79 Å². The van der Waals surface area contributed by atoms with Gasteiger partial charge in [-0.15, -0.1) is 0 Å². The van der Waals surface area contributed by atoms with Gasteiger partial charge in [0, 0.05) is 58.1 Å². The van der Waals surface area contributed by atoms with E-state index in [1.54, 1.807) is 0 Å². The minimum Gasteiger partial charge on any atom is -0.363 e. The smallest absolute Gasteiger partial charge is 0.224 e. The monoisotopic (exact) mass is 355 g/mol. The third kappa shape index (κ3) is 3.89. The van der Waals surface area contributed by atoms with Crippen molar-refractivity contribution in [3.05, 3.63) is 42.1 Å². The Morgan fingerprint density at radius 3 is 2.85 bits per heavy atom. The maximum Gasteiger partial charge on any atom is 0.224 e. The summed E-state index contributed by atoms with van der Waals surface area (Å²) in [6, 6.07) is 4.30. The average Bonchev–Trinajstić information content (AvgIpc) is 3.29. The molecule has 2 aromatic heterocycles. The largest absolute Gasteiger partial charge is 0.363 e. The van der Waals surface area contributed by atoms with Crippen molar-refractivity contribution in [3.8, 4) is 0 Å². The predicted molar refractivity (Wildman–Crippen MR) is 103 cm³/mol. The zero-order valence-corrected chi connectivity index (χ0v) is 16.2. The highest BCUT2D eigenvalue weighted by molar-refractivity contribution is 5.77. The van der Waals surface area contributed by atoms with Gasteiger partial charge in [-0.1, -0.05) is 13.8 Å². The van der Waals surface area contributed by atoms with Crippen LogP contribution in [0.3, 0.4) is 0 Å². The molecule has 1 fully saturated rings. The molecular formula is C20H29N5O. The van der Waals surface area contributed by atoms with Gasteiger partial charge in [-0.25, -0.2) is 9.97 Å². The molecule has 0 bridgehead atoms. The third-order valence-corrected chi connectivity index (χ3v) is 5.02.